The Morgan fingerprint density at radius 1 is 0.903 bits per heavy atom. The molecule has 3 aromatic rings. The molecule has 0 spiro atoms. The van der Waals surface area contributed by atoms with Gasteiger partial charge >= 0.3 is 5.97 Å². The maximum atomic E-state index is 12.3. The van der Waals surface area contributed by atoms with Crippen LogP contribution >= 0.6 is 34.8 Å². The van der Waals surface area contributed by atoms with Gasteiger partial charge in [-0.05, 0) is 66.2 Å². The second-order valence-corrected chi connectivity index (χ2v) is 7.49. The quantitative estimate of drug-likeness (QED) is 0.202. The van der Waals surface area contributed by atoms with Gasteiger partial charge in [0.15, 0.2) is 0 Å². The van der Waals surface area contributed by atoms with Crippen LogP contribution in [0.1, 0.15) is 15.9 Å². The number of halogens is 3. The molecule has 3 rings (SSSR count). The number of anilines is 1. The first kappa shape index (κ1) is 22.4. The molecule has 0 unspecified atom stereocenters. The van der Waals surface area contributed by atoms with Crippen LogP contribution in [0.3, 0.4) is 0 Å². The van der Waals surface area contributed by atoms with E-state index in [4.69, 9.17) is 39.5 Å². The molecule has 1 amide bonds. The van der Waals surface area contributed by atoms with E-state index in [9.17, 15) is 14.9 Å². The van der Waals surface area contributed by atoms with E-state index >= 15 is 0 Å². The van der Waals surface area contributed by atoms with Crippen LogP contribution in [0.25, 0.3) is 6.08 Å². The topological polar surface area (TPSA) is 79.2 Å². The van der Waals surface area contributed by atoms with Gasteiger partial charge in [-0.2, -0.15) is 5.26 Å². The largest absolute Gasteiger partial charge is 0.423 e. The fourth-order valence-corrected chi connectivity index (χ4v) is 3.11. The lowest BCUT2D eigenvalue weighted by molar-refractivity contribution is -0.112. The molecule has 0 bridgehead atoms. The number of nitrogens with zero attached hydrogens (tertiary/aromatic N) is 1. The SMILES string of the molecule is N#C/C(=C/c1ccc(OC(=O)c2ccc(Cl)cc2Cl)cc1)C(=O)Nc1ccc(Cl)cc1. The summed E-state index contributed by atoms with van der Waals surface area (Å²) in [6, 6.07) is 19.2. The number of amides is 1. The number of ether oxygens (including phenoxy) is 1. The van der Waals surface area contributed by atoms with Crippen molar-refractivity contribution in [3.05, 3.63) is 98.5 Å². The molecule has 5 nitrogen and oxygen atoms in total. The Bertz CT molecular complexity index is 1200. The third-order valence-corrected chi connectivity index (χ3v) is 4.82. The molecule has 0 saturated carbocycles. The van der Waals surface area contributed by atoms with Crippen molar-refractivity contribution in [2.24, 2.45) is 0 Å². The smallest absolute Gasteiger partial charge is 0.345 e. The van der Waals surface area contributed by atoms with Crippen molar-refractivity contribution in [2.45, 2.75) is 0 Å². The van der Waals surface area contributed by atoms with E-state index in [0.29, 0.717) is 21.3 Å². The summed E-state index contributed by atoms with van der Waals surface area (Å²) in [5.41, 5.74) is 1.18. The van der Waals surface area contributed by atoms with Crippen molar-refractivity contribution in [1.29, 1.82) is 5.26 Å². The van der Waals surface area contributed by atoms with Crippen molar-refractivity contribution >= 4 is 58.4 Å². The standard InChI is InChI=1S/C23H13Cl3N2O3/c24-16-3-6-18(7-4-16)28-22(29)15(13-27)11-14-1-8-19(9-2-14)31-23(30)20-10-5-17(25)12-21(20)26/h1-12H,(H,28,29)/b15-11-. The van der Waals surface area contributed by atoms with E-state index in [-0.39, 0.29) is 21.9 Å². The summed E-state index contributed by atoms with van der Waals surface area (Å²) in [5.74, 6) is -0.917. The van der Waals surface area contributed by atoms with Crippen molar-refractivity contribution in [3.8, 4) is 11.8 Å². The van der Waals surface area contributed by atoms with Gasteiger partial charge in [-0.25, -0.2) is 4.79 Å². The summed E-state index contributed by atoms with van der Waals surface area (Å²) in [6.07, 6.45) is 1.42. The lowest BCUT2D eigenvalue weighted by Gasteiger charge is -2.07. The van der Waals surface area contributed by atoms with E-state index in [1.54, 1.807) is 48.5 Å². The molecule has 0 atom stereocenters. The van der Waals surface area contributed by atoms with Gasteiger partial charge in [-0.1, -0.05) is 46.9 Å². The number of hydrogen-bond acceptors (Lipinski definition) is 4. The van der Waals surface area contributed by atoms with E-state index in [2.05, 4.69) is 5.32 Å². The van der Waals surface area contributed by atoms with Gasteiger partial charge in [0.1, 0.15) is 17.4 Å². The number of carbonyl (C=O) groups excluding carboxylic acids is 2. The van der Waals surface area contributed by atoms with Gasteiger partial charge in [0.05, 0.1) is 10.6 Å². The summed E-state index contributed by atoms with van der Waals surface area (Å²) in [6.45, 7) is 0. The minimum absolute atomic E-state index is 0.0901. The highest BCUT2D eigenvalue weighted by atomic mass is 35.5. The number of benzene rings is 3. The van der Waals surface area contributed by atoms with Gasteiger partial charge in [0.2, 0.25) is 0 Å². The molecule has 0 heterocycles. The highest BCUT2D eigenvalue weighted by molar-refractivity contribution is 6.36. The van der Waals surface area contributed by atoms with E-state index in [1.807, 2.05) is 6.07 Å². The number of esters is 1. The molecular formula is C23H13Cl3N2O3. The van der Waals surface area contributed by atoms with E-state index in [1.165, 1.54) is 24.3 Å². The monoisotopic (exact) mass is 470 g/mol. The highest BCUT2D eigenvalue weighted by Crippen LogP contribution is 2.23. The van der Waals surface area contributed by atoms with Gasteiger partial charge in [-0.3, -0.25) is 4.79 Å². The summed E-state index contributed by atoms with van der Waals surface area (Å²) in [4.78, 5) is 24.6. The lowest BCUT2D eigenvalue weighted by atomic mass is 10.1. The third kappa shape index (κ3) is 6.09. The summed E-state index contributed by atoms with van der Waals surface area (Å²) in [5, 5.41) is 13.1. The molecule has 1 N–H and O–H groups in total. The fourth-order valence-electron chi connectivity index (χ4n) is 2.50. The maximum Gasteiger partial charge on any atom is 0.345 e. The molecule has 0 aliphatic rings. The molecule has 0 aromatic heterocycles. The molecule has 0 aliphatic carbocycles. The summed E-state index contributed by atoms with van der Waals surface area (Å²) < 4.78 is 5.30. The van der Waals surface area contributed by atoms with Crippen LogP contribution in [-0.4, -0.2) is 11.9 Å². The van der Waals surface area contributed by atoms with Gasteiger partial charge in [-0.15, -0.1) is 0 Å². The van der Waals surface area contributed by atoms with Gasteiger partial charge < -0.3 is 10.1 Å². The van der Waals surface area contributed by atoms with Gasteiger partial charge in [0.25, 0.3) is 5.91 Å². The molecule has 0 saturated heterocycles. The molecule has 8 heteroatoms. The van der Waals surface area contributed by atoms with Crippen LogP contribution in [0.5, 0.6) is 5.75 Å². The predicted molar refractivity (Wildman–Crippen MR) is 122 cm³/mol. The molecule has 0 fully saturated rings. The van der Waals surface area contributed by atoms with Crippen LogP contribution in [0.2, 0.25) is 15.1 Å². The minimum Gasteiger partial charge on any atom is -0.423 e. The Morgan fingerprint density at radius 3 is 2.16 bits per heavy atom. The Kier molecular flexibility index (Phi) is 7.32. The lowest BCUT2D eigenvalue weighted by Crippen LogP contribution is -2.13. The van der Waals surface area contributed by atoms with Crippen LogP contribution in [-0.2, 0) is 4.79 Å². The zero-order valence-corrected chi connectivity index (χ0v) is 18.0. The molecule has 154 valence electrons. The third-order valence-electron chi connectivity index (χ3n) is 4.02. The second-order valence-electron chi connectivity index (χ2n) is 6.21. The van der Waals surface area contributed by atoms with Crippen LogP contribution in [0.4, 0.5) is 5.69 Å². The molecular weight excluding hydrogens is 459 g/mol. The van der Waals surface area contributed by atoms with Crippen molar-refractivity contribution in [1.82, 2.24) is 0 Å². The highest BCUT2D eigenvalue weighted by Gasteiger charge is 2.14. The zero-order chi connectivity index (χ0) is 22.4. The number of hydrogen-bond donors (Lipinski definition) is 1. The minimum atomic E-state index is -0.634. The van der Waals surface area contributed by atoms with Crippen molar-refractivity contribution in [3.63, 3.8) is 0 Å². The number of nitrogens with one attached hydrogen (secondary N) is 1. The maximum absolute atomic E-state index is 12.3. The normalized spacial score (nSPS) is 10.8. The second kappa shape index (κ2) is 10.1. The molecule has 31 heavy (non-hydrogen) atoms. The van der Waals surface area contributed by atoms with Crippen LogP contribution in [0, 0.1) is 11.3 Å². The summed E-state index contributed by atoms with van der Waals surface area (Å²) >= 11 is 17.7. The Morgan fingerprint density at radius 2 is 1.55 bits per heavy atom. The average molecular weight is 472 g/mol. The Hall–Kier alpha value is -3.30. The predicted octanol–water partition coefficient (Wildman–Crippen LogP) is 6.41. The Balaban J connectivity index is 1.69. The number of carbonyl (C=O) groups is 2. The van der Waals surface area contributed by atoms with Gasteiger partial charge in [0, 0.05) is 15.7 Å². The fraction of sp³-hybridized carbons (Fsp3) is 0. The first-order valence-corrected chi connectivity index (χ1v) is 9.95. The first-order valence-electron chi connectivity index (χ1n) is 8.82. The molecule has 3 aromatic carbocycles. The van der Waals surface area contributed by atoms with Crippen molar-refractivity contribution in [2.75, 3.05) is 5.32 Å². The zero-order valence-electron chi connectivity index (χ0n) is 15.7. The molecule has 0 aliphatic heterocycles. The van der Waals surface area contributed by atoms with E-state index in [0.717, 1.165) is 0 Å². The number of nitriles is 1. The van der Waals surface area contributed by atoms with Crippen molar-refractivity contribution < 1.29 is 14.3 Å². The average Bonchev–Trinajstić information content (AvgIpc) is 2.74. The van der Waals surface area contributed by atoms with E-state index < -0.39 is 11.9 Å². The molecule has 0 radical (unpaired) electrons. The van der Waals surface area contributed by atoms with Crippen LogP contribution < -0.4 is 10.1 Å². The Labute approximate surface area is 193 Å². The summed E-state index contributed by atoms with van der Waals surface area (Å²) in [7, 11) is 0. The first-order chi connectivity index (χ1) is 14.9. The van der Waals surface area contributed by atoms with Crippen LogP contribution in [0.15, 0.2) is 72.3 Å². The number of rotatable bonds is 5.